The number of fused-ring (bicyclic) bond motifs is 3. The molecule has 5 N–H and O–H groups in total. The van der Waals surface area contributed by atoms with E-state index in [1.807, 2.05) is 60.8 Å². The van der Waals surface area contributed by atoms with E-state index in [9.17, 15) is 19.5 Å². The van der Waals surface area contributed by atoms with Gasteiger partial charge in [-0.05, 0) is 140 Å². The van der Waals surface area contributed by atoms with Crippen LogP contribution in [-0.4, -0.2) is 52.7 Å². The average molecular weight is 821 g/mol. The maximum atomic E-state index is 13.1. The molecule has 0 radical (unpaired) electrons. The molecule has 4 atom stereocenters. The molecule has 0 saturated heterocycles. The third-order valence-corrected chi connectivity index (χ3v) is 13.3. The minimum absolute atomic E-state index is 0.188. The van der Waals surface area contributed by atoms with E-state index < -0.39 is 23.5 Å². The molecule has 2 amide bonds. The topological polar surface area (TPSA) is 153 Å². The van der Waals surface area contributed by atoms with Crippen LogP contribution in [0.15, 0.2) is 85.1 Å². The first kappa shape index (κ1) is 42.0. The lowest BCUT2D eigenvalue weighted by molar-refractivity contribution is -0.144. The monoisotopic (exact) mass is 820 g/mol. The molecule has 3 aliphatic rings. The Balaban J connectivity index is 1.04. The smallest absolute Gasteiger partial charge is 0.329 e. The van der Waals surface area contributed by atoms with Crippen molar-refractivity contribution in [1.29, 1.82) is 0 Å². The summed E-state index contributed by atoms with van der Waals surface area (Å²) in [4.78, 5) is 42.7. The zero-order valence-corrected chi connectivity index (χ0v) is 34.9. The van der Waals surface area contributed by atoms with Crippen molar-refractivity contribution < 1.29 is 29.0 Å². The summed E-state index contributed by atoms with van der Waals surface area (Å²) in [5.74, 6) is 0.961. The summed E-state index contributed by atoms with van der Waals surface area (Å²) in [6.45, 7) is 5.44. The van der Waals surface area contributed by atoms with Gasteiger partial charge in [-0.3, -0.25) is 14.6 Å². The van der Waals surface area contributed by atoms with Crippen LogP contribution < -0.4 is 25.8 Å². The number of aromatic nitrogens is 1. The van der Waals surface area contributed by atoms with Gasteiger partial charge in [0, 0.05) is 41.0 Å². The maximum Gasteiger partial charge on any atom is 0.329 e. The van der Waals surface area contributed by atoms with Gasteiger partial charge in [0.05, 0.1) is 13.2 Å². The first-order chi connectivity index (χ1) is 28.4. The second-order valence-electron chi connectivity index (χ2n) is 17.2. The number of nitrogens with zero attached hydrogens (tertiary/aromatic N) is 1. The van der Waals surface area contributed by atoms with Gasteiger partial charge in [0.1, 0.15) is 23.1 Å². The molecule has 0 bridgehead atoms. The van der Waals surface area contributed by atoms with Gasteiger partial charge in [-0.1, -0.05) is 67.9 Å². The zero-order valence-electron chi connectivity index (χ0n) is 34.2. The Bertz CT molecular complexity index is 2120. The highest BCUT2D eigenvalue weighted by atomic mass is 35.5. The van der Waals surface area contributed by atoms with E-state index >= 15 is 0 Å². The van der Waals surface area contributed by atoms with Crippen LogP contribution in [0.5, 0.6) is 11.5 Å². The highest BCUT2D eigenvalue weighted by Gasteiger charge is 2.54. The van der Waals surface area contributed by atoms with Crippen LogP contribution in [0.4, 0.5) is 5.69 Å². The third kappa shape index (κ3) is 9.70. The molecule has 1 aromatic heterocycles. The largest absolute Gasteiger partial charge is 0.494 e. The molecule has 0 aliphatic heterocycles. The number of aryl methyl sites for hydroxylation is 1. The lowest BCUT2D eigenvalue weighted by Crippen LogP contribution is -2.53. The molecule has 59 heavy (non-hydrogen) atoms. The van der Waals surface area contributed by atoms with Crippen molar-refractivity contribution in [3.63, 3.8) is 0 Å². The number of anilines is 1. The number of carboxylic acid groups (broad SMARTS) is 1. The highest BCUT2D eigenvalue weighted by molar-refractivity contribution is 6.30. The zero-order chi connectivity index (χ0) is 41.6. The molecule has 1 unspecified atom stereocenters. The van der Waals surface area contributed by atoms with E-state index in [1.165, 1.54) is 16.7 Å². The normalized spacial score (nSPS) is 23.0. The number of pyridine rings is 1. The third-order valence-electron chi connectivity index (χ3n) is 13.0. The van der Waals surface area contributed by atoms with Gasteiger partial charge in [-0.15, -0.1) is 0 Å². The van der Waals surface area contributed by atoms with Crippen LogP contribution in [0.1, 0.15) is 106 Å². The Kier molecular flexibility index (Phi) is 13.1. The van der Waals surface area contributed by atoms with E-state index in [2.05, 4.69) is 41.6 Å². The van der Waals surface area contributed by atoms with Crippen molar-refractivity contribution >= 4 is 35.1 Å². The van der Waals surface area contributed by atoms with Gasteiger partial charge in [-0.2, -0.15) is 0 Å². The summed E-state index contributed by atoms with van der Waals surface area (Å²) in [7, 11) is 0. The number of amides is 2. The Morgan fingerprint density at radius 2 is 1.80 bits per heavy atom. The van der Waals surface area contributed by atoms with Gasteiger partial charge in [0.15, 0.2) is 0 Å². The SMILES string of the molecule is C[C@@H](COc1ccnc2c1[C@H](C)CCC2)CC1Cc2ccc(OCCCC(=O)N[C@H](Cc3ccccc3)C(N)=O)cc2C12CCC(Nc1cccc(Cl)c1)(C(=O)O)CC2. The summed E-state index contributed by atoms with van der Waals surface area (Å²) in [5.41, 5.74) is 10.8. The summed E-state index contributed by atoms with van der Waals surface area (Å²) in [5, 5.41) is 17.4. The Hall–Kier alpha value is -5.09. The van der Waals surface area contributed by atoms with E-state index in [0.29, 0.717) is 68.4 Å². The molecule has 1 heterocycles. The van der Waals surface area contributed by atoms with Crippen molar-refractivity contribution in [1.82, 2.24) is 10.3 Å². The number of halogens is 1. The van der Waals surface area contributed by atoms with Crippen LogP contribution in [0.2, 0.25) is 5.02 Å². The van der Waals surface area contributed by atoms with Crippen LogP contribution in [0, 0.1) is 11.8 Å². The molecule has 3 aliphatic carbocycles. The van der Waals surface area contributed by atoms with Crippen molar-refractivity contribution in [2.45, 2.75) is 114 Å². The minimum atomic E-state index is -1.13. The molecule has 10 nitrogen and oxygen atoms in total. The van der Waals surface area contributed by atoms with Gasteiger partial charge < -0.3 is 30.9 Å². The molecule has 1 fully saturated rings. The second kappa shape index (κ2) is 18.4. The highest BCUT2D eigenvalue weighted by Crippen LogP contribution is 2.57. The molecule has 312 valence electrons. The van der Waals surface area contributed by atoms with E-state index in [0.717, 1.165) is 54.9 Å². The predicted octanol–water partition coefficient (Wildman–Crippen LogP) is 8.57. The Labute approximate surface area is 352 Å². The van der Waals surface area contributed by atoms with Crippen LogP contribution in [0.25, 0.3) is 0 Å². The lowest BCUT2D eigenvalue weighted by atomic mass is 9.59. The number of aliphatic carboxylic acids is 1. The minimum Gasteiger partial charge on any atom is -0.494 e. The predicted molar refractivity (Wildman–Crippen MR) is 230 cm³/mol. The van der Waals surface area contributed by atoms with Crippen LogP contribution in [0.3, 0.4) is 0 Å². The molecule has 7 rings (SSSR count). The molecule has 3 aromatic carbocycles. The number of hydrogen-bond donors (Lipinski definition) is 4. The fourth-order valence-corrected chi connectivity index (χ4v) is 10.1. The fraction of sp³-hybridized carbons (Fsp3) is 0.458. The number of rotatable bonds is 17. The molecule has 4 aromatic rings. The van der Waals surface area contributed by atoms with Gasteiger partial charge in [0.25, 0.3) is 0 Å². The van der Waals surface area contributed by atoms with Gasteiger partial charge >= 0.3 is 5.97 Å². The van der Waals surface area contributed by atoms with Gasteiger partial charge in [-0.25, -0.2) is 4.79 Å². The summed E-state index contributed by atoms with van der Waals surface area (Å²) < 4.78 is 12.9. The van der Waals surface area contributed by atoms with Gasteiger partial charge in [0.2, 0.25) is 11.8 Å². The number of nitrogens with two attached hydrogens (primary N) is 1. The molecule has 1 saturated carbocycles. The first-order valence-electron chi connectivity index (χ1n) is 21.2. The Morgan fingerprint density at radius 1 is 1.00 bits per heavy atom. The molecular formula is C48H57ClN4O6. The van der Waals surface area contributed by atoms with Crippen molar-refractivity contribution in [2.24, 2.45) is 17.6 Å². The molecular weight excluding hydrogens is 764 g/mol. The number of carbonyl (C=O) groups is 3. The number of ether oxygens (including phenoxy) is 2. The number of benzene rings is 3. The van der Waals surface area contributed by atoms with Crippen LogP contribution in [-0.2, 0) is 39.1 Å². The van der Waals surface area contributed by atoms with Crippen molar-refractivity contribution in [2.75, 3.05) is 18.5 Å². The quantitative estimate of drug-likeness (QED) is 0.0774. The average Bonchev–Trinajstić information content (AvgIpc) is 3.50. The van der Waals surface area contributed by atoms with E-state index in [1.54, 1.807) is 12.1 Å². The standard InChI is InChI=1S/C48H57ClN4O6/c1-31(30-59-42-18-23-51-40-14-6-9-32(2)44(40)42)25-35-27-34-16-17-38(58-24-8-15-43(54)52-41(45(50)55)26-33-10-4-3-5-11-33)29-39(34)47(35)19-21-48(22-20-47,46(56)57)53-37-13-7-12-36(49)28-37/h3-5,7,10-13,16-18,23,28-29,31-32,35,41,53H,6,8-9,14-15,19-22,24-27,30H2,1-2H3,(H2,50,55)(H,52,54)(H,56,57)/t31-,32-,35?,41-,47?,48?/m1/s1. The van der Waals surface area contributed by atoms with Crippen molar-refractivity contribution in [3.05, 3.63) is 118 Å². The number of carbonyl (C=O) groups excluding carboxylic acids is 2. The van der Waals surface area contributed by atoms with Crippen molar-refractivity contribution in [3.8, 4) is 11.5 Å². The fourth-order valence-electron chi connectivity index (χ4n) is 9.93. The number of primary amides is 1. The lowest BCUT2D eigenvalue weighted by Gasteiger charge is -2.47. The summed E-state index contributed by atoms with van der Waals surface area (Å²) in [6, 6.07) is 24.3. The van der Waals surface area contributed by atoms with E-state index in [4.69, 9.17) is 26.8 Å². The number of hydrogen-bond acceptors (Lipinski definition) is 7. The number of carboxylic acids is 1. The first-order valence-corrected chi connectivity index (χ1v) is 21.6. The summed E-state index contributed by atoms with van der Waals surface area (Å²) in [6.07, 6.45) is 10.3. The number of nitrogens with one attached hydrogen (secondary N) is 2. The second-order valence-corrected chi connectivity index (χ2v) is 17.6. The summed E-state index contributed by atoms with van der Waals surface area (Å²) >= 11 is 6.30. The van der Waals surface area contributed by atoms with E-state index in [-0.39, 0.29) is 29.6 Å². The van der Waals surface area contributed by atoms with Crippen LogP contribution >= 0.6 is 11.6 Å². The Morgan fingerprint density at radius 3 is 2.54 bits per heavy atom. The maximum absolute atomic E-state index is 13.1. The molecule has 1 spiro atoms. The molecule has 11 heteroatoms.